The second kappa shape index (κ2) is 5.66. The molecular weight excluding hydrogens is 268 g/mol. The molecule has 2 amide bonds. The van der Waals surface area contributed by atoms with Gasteiger partial charge in [0.15, 0.2) is 0 Å². The number of aromatic nitrogens is 2. The van der Waals surface area contributed by atoms with Crippen LogP contribution in [0.15, 0.2) is 4.42 Å². The Hall–Kier alpha value is -1.59. The van der Waals surface area contributed by atoms with Gasteiger partial charge < -0.3 is 14.2 Å². The lowest BCUT2D eigenvalue weighted by atomic mass is 9.98. The van der Waals surface area contributed by atoms with Crippen LogP contribution in [0.2, 0.25) is 0 Å². The lowest BCUT2D eigenvalue weighted by molar-refractivity contribution is 0.0856. The van der Waals surface area contributed by atoms with Gasteiger partial charge in [0, 0.05) is 25.6 Å². The van der Waals surface area contributed by atoms with E-state index < -0.39 is 0 Å². The van der Waals surface area contributed by atoms with E-state index >= 15 is 0 Å². The number of nitrogens with zero attached hydrogens (tertiary/aromatic N) is 4. The first-order valence-corrected chi connectivity index (χ1v) is 7.97. The van der Waals surface area contributed by atoms with Crippen LogP contribution in [0, 0.1) is 6.92 Å². The van der Waals surface area contributed by atoms with Crippen molar-refractivity contribution in [1.82, 2.24) is 20.0 Å². The molecule has 3 atom stereocenters. The third kappa shape index (κ3) is 2.63. The summed E-state index contributed by atoms with van der Waals surface area (Å²) in [5, 5.41) is 8.01. The van der Waals surface area contributed by atoms with Crippen LogP contribution >= 0.6 is 0 Å². The van der Waals surface area contributed by atoms with E-state index in [2.05, 4.69) is 24.0 Å². The summed E-state index contributed by atoms with van der Waals surface area (Å²) < 4.78 is 5.55. The van der Waals surface area contributed by atoms with Crippen LogP contribution in [0.3, 0.4) is 0 Å². The van der Waals surface area contributed by atoms with Gasteiger partial charge in [-0.3, -0.25) is 0 Å². The highest BCUT2D eigenvalue weighted by Crippen LogP contribution is 2.34. The summed E-state index contributed by atoms with van der Waals surface area (Å²) in [5.41, 5.74) is 0. The van der Waals surface area contributed by atoms with Gasteiger partial charge in [-0.1, -0.05) is 0 Å². The molecule has 0 N–H and O–H groups in total. The van der Waals surface area contributed by atoms with E-state index in [9.17, 15) is 4.79 Å². The number of rotatable bonds is 1. The molecule has 0 aromatic carbocycles. The zero-order valence-electron chi connectivity index (χ0n) is 13.1. The van der Waals surface area contributed by atoms with Crippen molar-refractivity contribution in [2.24, 2.45) is 0 Å². The van der Waals surface area contributed by atoms with Crippen molar-refractivity contribution in [2.75, 3.05) is 6.54 Å². The number of piperidine rings is 1. The van der Waals surface area contributed by atoms with Crippen LogP contribution in [0.1, 0.15) is 63.8 Å². The molecule has 1 aromatic heterocycles. The first-order chi connectivity index (χ1) is 10.1. The Balaban J connectivity index is 1.79. The lowest BCUT2D eigenvalue weighted by Crippen LogP contribution is -2.53. The largest absolute Gasteiger partial charge is 0.423 e. The first-order valence-electron chi connectivity index (χ1n) is 7.97. The number of urea groups is 1. The smallest absolute Gasteiger partial charge is 0.321 e. The predicted molar refractivity (Wildman–Crippen MR) is 77.7 cm³/mol. The van der Waals surface area contributed by atoms with Gasteiger partial charge in [0.25, 0.3) is 0 Å². The van der Waals surface area contributed by atoms with Crippen molar-refractivity contribution in [3.63, 3.8) is 0 Å². The summed E-state index contributed by atoms with van der Waals surface area (Å²) >= 11 is 0. The van der Waals surface area contributed by atoms with Crippen LogP contribution in [0.4, 0.5) is 4.79 Å². The Morgan fingerprint density at radius 2 is 1.86 bits per heavy atom. The van der Waals surface area contributed by atoms with Crippen molar-refractivity contribution >= 4 is 6.03 Å². The number of carbonyl (C=O) groups is 1. The molecule has 3 unspecified atom stereocenters. The fourth-order valence-corrected chi connectivity index (χ4v) is 3.65. The first kappa shape index (κ1) is 14.4. The van der Waals surface area contributed by atoms with E-state index in [1.165, 1.54) is 6.42 Å². The van der Waals surface area contributed by atoms with Crippen LogP contribution in [-0.2, 0) is 0 Å². The van der Waals surface area contributed by atoms with E-state index in [4.69, 9.17) is 4.42 Å². The fraction of sp³-hybridized carbons (Fsp3) is 0.800. The van der Waals surface area contributed by atoms with Crippen molar-refractivity contribution in [3.05, 3.63) is 11.8 Å². The molecule has 0 saturated carbocycles. The van der Waals surface area contributed by atoms with Crippen LogP contribution < -0.4 is 0 Å². The van der Waals surface area contributed by atoms with Gasteiger partial charge in [-0.25, -0.2) is 4.79 Å². The Labute approximate surface area is 125 Å². The van der Waals surface area contributed by atoms with Gasteiger partial charge in [0.05, 0.1) is 0 Å². The van der Waals surface area contributed by atoms with E-state index in [1.54, 1.807) is 6.92 Å². The molecule has 3 rings (SSSR count). The SMILES string of the molecule is Cc1nnc(C2CCCN2C(=O)N2C(C)CCCC2C)o1. The Morgan fingerprint density at radius 3 is 2.48 bits per heavy atom. The number of hydrogen-bond acceptors (Lipinski definition) is 4. The molecule has 3 heterocycles. The van der Waals surface area contributed by atoms with Gasteiger partial charge in [-0.2, -0.15) is 0 Å². The standard InChI is InChI=1S/C15H24N4O2/c1-10-6-4-7-11(2)19(10)15(20)18-9-5-8-13(18)14-17-16-12(3)21-14/h10-11,13H,4-9H2,1-3H3. The highest BCUT2D eigenvalue weighted by atomic mass is 16.4. The van der Waals surface area contributed by atoms with E-state index in [0.717, 1.165) is 32.2 Å². The third-order valence-electron chi connectivity index (χ3n) is 4.74. The van der Waals surface area contributed by atoms with E-state index in [0.29, 0.717) is 23.9 Å². The van der Waals surface area contributed by atoms with Gasteiger partial charge >= 0.3 is 6.03 Å². The monoisotopic (exact) mass is 292 g/mol. The molecule has 2 aliphatic heterocycles. The van der Waals surface area contributed by atoms with Crippen molar-refractivity contribution < 1.29 is 9.21 Å². The predicted octanol–water partition coefficient (Wildman–Crippen LogP) is 2.90. The van der Waals surface area contributed by atoms with E-state index in [-0.39, 0.29) is 12.1 Å². The molecule has 1 aromatic rings. The zero-order valence-corrected chi connectivity index (χ0v) is 13.1. The average Bonchev–Trinajstić information content (AvgIpc) is 3.06. The number of amides is 2. The maximum atomic E-state index is 13.0. The third-order valence-corrected chi connectivity index (χ3v) is 4.74. The maximum absolute atomic E-state index is 13.0. The zero-order chi connectivity index (χ0) is 15.0. The number of carbonyl (C=O) groups excluding carboxylic acids is 1. The highest BCUT2D eigenvalue weighted by molar-refractivity contribution is 5.76. The molecule has 0 radical (unpaired) electrons. The molecular formula is C15H24N4O2. The second-order valence-electron chi connectivity index (χ2n) is 6.33. The molecule has 2 saturated heterocycles. The summed E-state index contributed by atoms with van der Waals surface area (Å²) in [4.78, 5) is 16.9. The van der Waals surface area contributed by atoms with Crippen molar-refractivity contribution in [2.45, 2.75) is 71.0 Å². The summed E-state index contributed by atoms with van der Waals surface area (Å²) in [7, 11) is 0. The molecule has 0 spiro atoms. The molecule has 2 aliphatic rings. The van der Waals surface area contributed by atoms with Gasteiger partial charge in [-0.05, 0) is 46.0 Å². The minimum atomic E-state index is -0.0555. The minimum absolute atomic E-state index is 0.0555. The Bertz CT molecular complexity index is 506. The molecule has 0 bridgehead atoms. The quantitative estimate of drug-likeness (QED) is 0.798. The fourth-order valence-electron chi connectivity index (χ4n) is 3.65. The average molecular weight is 292 g/mol. The molecule has 6 nitrogen and oxygen atoms in total. The van der Waals surface area contributed by atoms with Crippen LogP contribution in [0.25, 0.3) is 0 Å². The van der Waals surface area contributed by atoms with Gasteiger partial charge in [0.1, 0.15) is 6.04 Å². The number of aryl methyl sites for hydroxylation is 1. The van der Waals surface area contributed by atoms with Crippen LogP contribution in [-0.4, -0.2) is 44.7 Å². The maximum Gasteiger partial charge on any atom is 0.321 e. The normalized spacial score (nSPS) is 30.0. The Morgan fingerprint density at radius 1 is 1.14 bits per heavy atom. The number of likely N-dealkylation sites (tertiary alicyclic amines) is 2. The van der Waals surface area contributed by atoms with Gasteiger partial charge in [0.2, 0.25) is 11.8 Å². The van der Waals surface area contributed by atoms with Crippen molar-refractivity contribution in [3.8, 4) is 0 Å². The summed E-state index contributed by atoms with van der Waals surface area (Å²) in [5.74, 6) is 1.14. The number of hydrogen-bond donors (Lipinski definition) is 0. The highest BCUT2D eigenvalue weighted by Gasteiger charge is 2.39. The van der Waals surface area contributed by atoms with Gasteiger partial charge in [-0.15, -0.1) is 10.2 Å². The van der Waals surface area contributed by atoms with Crippen molar-refractivity contribution in [1.29, 1.82) is 0 Å². The molecule has 6 heteroatoms. The van der Waals surface area contributed by atoms with E-state index in [1.807, 2.05) is 9.80 Å². The second-order valence-corrected chi connectivity index (χ2v) is 6.33. The summed E-state index contributed by atoms with van der Waals surface area (Å²) in [6, 6.07) is 0.701. The molecule has 2 fully saturated rings. The Kier molecular flexibility index (Phi) is 3.87. The molecule has 116 valence electrons. The molecule has 21 heavy (non-hydrogen) atoms. The summed E-state index contributed by atoms with van der Waals surface area (Å²) in [6.07, 6.45) is 5.29. The minimum Gasteiger partial charge on any atom is -0.423 e. The molecule has 0 aliphatic carbocycles. The topological polar surface area (TPSA) is 62.5 Å². The van der Waals surface area contributed by atoms with Crippen LogP contribution in [0.5, 0.6) is 0 Å². The lowest BCUT2D eigenvalue weighted by Gasteiger charge is -2.41. The summed E-state index contributed by atoms with van der Waals surface area (Å²) in [6.45, 7) is 6.86.